The Morgan fingerprint density at radius 2 is 1.90 bits per heavy atom. The standard InChI is InChI=1S/C21H18Cl2N2O4S/c1-4-29-18-10-15(23)12(9-17(18)28-3)8-13-19(26)24-21(30)25(20(13)27)16-7-5-6-14(22)11(16)2/h5-10H,4H2,1-3H3,(H,24,26,30)/b13-8+. The molecule has 1 heterocycles. The summed E-state index contributed by atoms with van der Waals surface area (Å²) in [5.74, 6) is -0.318. The maximum atomic E-state index is 13.2. The molecular formula is C21H18Cl2N2O4S. The first kappa shape index (κ1) is 22.1. The van der Waals surface area contributed by atoms with Crippen molar-refractivity contribution in [1.29, 1.82) is 0 Å². The van der Waals surface area contributed by atoms with Crippen molar-refractivity contribution < 1.29 is 19.1 Å². The fourth-order valence-electron chi connectivity index (χ4n) is 2.96. The molecule has 1 aliphatic heterocycles. The summed E-state index contributed by atoms with van der Waals surface area (Å²) >= 11 is 17.8. The molecular weight excluding hydrogens is 447 g/mol. The molecule has 0 atom stereocenters. The van der Waals surface area contributed by atoms with Gasteiger partial charge < -0.3 is 9.47 Å². The van der Waals surface area contributed by atoms with E-state index >= 15 is 0 Å². The molecule has 2 aromatic carbocycles. The molecule has 0 bridgehead atoms. The van der Waals surface area contributed by atoms with Crippen LogP contribution in [0.25, 0.3) is 6.08 Å². The van der Waals surface area contributed by atoms with Gasteiger partial charge in [-0.25, -0.2) is 0 Å². The van der Waals surface area contributed by atoms with E-state index in [2.05, 4.69) is 5.32 Å². The molecule has 6 nitrogen and oxygen atoms in total. The zero-order chi connectivity index (χ0) is 22.0. The monoisotopic (exact) mass is 464 g/mol. The van der Waals surface area contributed by atoms with Crippen molar-refractivity contribution in [3.05, 3.63) is 57.1 Å². The van der Waals surface area contributed by atoms with E-state index in [1.165, 1.54) is 18.1 Å². The number of nitrogens with one attached hydrogen (secondary N) is 1. The number of carbonyl (C=O) groups excluding carboxylic acids is 2. The van der Waals surface area contributed by atoms with Crippen LogP contribution in [-0.4, -0.2) is 30.6 Å². The Bertz CT molecular complexity index is 1080. The van der Waals surface area contributed by atoms with Crippen molar-refractivity contribution in [2.45, 2.75) is 13.8 Å². The molecule has 0 saturated carbocycles. The highest BCUT2D eigenvalue weighted by Gasteiger charge is 2.35. The van der Waals surface area contributed by atoms with Crippen LogP contribution < -0.4 is 19.7 Å². The SMILES string of the molecule is CCOc1cc(Cl)c(/C=C2\C(=O)NC(=S)N(c3cccc(Cl)c3C)C2=O)cc1OC. The smallest absolute Gasteiger partial charge is 0.270 e. The van der Waals surface area contributed by atoms with Crippen molar-refractivity contribution in [3.63, 3.8) is 0 Å². The van der Waals surface area contributed by atoms with Crippen LogP contribution in [0.4, 0.5) is 5.69 Å². The minimum Gasteiger partial charge on any atom is -0.493 e. The molecule has 1 N–H and O–H groups in total. The summed E-state index contributed by atoms with van der Waals surface area (Å²) in [6.07, 6.45) is 1.40. The molecule has 9 heteroatoms. The van der Waals surface area contributed by atoms with Crippen LogP contribution in [0.5, 0.6) is 11.5 Å². The number of halogens is 2. The summed E-state index contributed by atoms with van der Waals surface area (Å²) in [7, 11) is 1.49. The quantitative estimate of drug-likeness (QED) is 0.399. The number of hydrogen-bond donors (Lipinski definition) is 1. The van der Waals surface area contributed by atoms with Gasteiger partial charge in [0.25, 0.3) is 11.8 Å². The predicted octanol–water partition coefficient (Wildman–Crippen LogP) is 4.54. The van der Waals surface area contributed by atoms with E-state index in [1.54, 1.807) is 37.3 Å². The topological polar surface area (TPSA) is 67.9 Å². The second-order valence-electron chi connectivity index (χ2n) is 6.30. The number of anilines is 1. The molecule has 0 aromatic heterocycles. The van der Waals surface area contributed by atoms with Gasteiger partial charge in [0.1, 0.15) is 5.57 Å². The third-order valence-electron chi connectivity index (χ3n) is 4.46. The van der Waals surface area contributed by atoms with E-state index in [0.29, 0.717) is 45.0 Å². The van der Waals surface area contributed by atoms with Crippen molar-refractivity contribution in [3.8, 4) is 11.5 Å². The van der Waals surface area contributed by atoms with Crippen molar-refractivity contribution in [2.75, 3.05) is 18.6 Å². The number of hydrogen-bond acceptors (Lipinski definition) is 5. The van der Waals surface area contributed by atoms with E-state index in [-0.39, 0.29) is 10.7 Å². The molecule has 0 aliphatic carbocycles. The fraction of sp³-hybridized carbons (Fsp3) is 0.190. The van der Waals surface area contributed by atoms with Gasteiger partial charge in [0, 0.05) is 11.1 Å². The third-order valence-corrected chi connectivity index (χ3v) is 5.49. The number of amides is 2. The number of benzene rings is 2. The van der Waals surface area contributed by atoms with Gasteiger partial charge in [-0.3, -0.25) is 19.8 Å². The average Bonchev–Trinajstić information content (AvgIpc) is 2.69. The van der Waals surface area contributed by atoms with Crippen LogP contribution in [-0.2, 0) is 9.59 Å². The lowest BCUT2D eigenvalue weighted by atomic mass is 10.1. The molecule has 30 heavy (non-hydrogen) atoms. The van der Waals surface area contributed by atoms with E-state index in [9.17, 15) is 9.59 Å². The predicted molar refractivity (Wildman–Crippen MR) is 122 cm³/mol. The molecule has 1 aliphatic rings. The third kappa shape index (κ3) is 4.14. The summed E-state index contributed by atoms with van der Waals surface area (Å²) in [5, 5.41) is 3.29. The Hall–Kier alpha value is -2.61. The molecule has 3 rings (SSSR count). The van der Waals surface area contributed by atoms with Crippen molar-refractivity contribution in [2.24, 2.45) is 0 Å². The Morgan fingerprint density at radius 1 is 1.17 bits per heavy atom. The molecule has 156 valence electrons. The summed E-state index contributed by atoms with van der Waals surface area (Å²) in [4.78, 5) is 27.0. The number of methoxy groups -OCH3 is 1. The van der Waals surface area contributed by atoms with Gasteiger partial charge in [0.05, 0.1) is 24.4 Å². The highest BCUT2D eigenvalue weighted by atomic mass is 35.5. The maximum Gasteiger partial charge on any atom is 0.270 e. The lowest BCUT2D eigenvalue weighted by Gasteiger charge is -2.30. The van der Waals surface area contributed by atoms with E-state index in [1.807, 2.05) is 6.92 Å². The first-order valence-corrected chi connectivity index (χ1v) is 10.1. The highest BCUT2D eigenvalue weighted by Crippen LogP contribution is 2.35. The number of ether oxygens (including phenoxy) is 2. The van der Waals surface area contributed by atoms with Gasteiger partial charge in [-0.2, -0.15) is 0 Å². The minimum absolute atomic E-state index is 0.0251. The maximum absolute atomic E-state index is 13.2. The zero-order valence-corrected chi connectivity index (χ0v) is 18.7. The largest absolute Gasteiger partial charge is 0.493 e. The summed E-state index contributed by atoms with van der Waals surface area (Å²) in [5.41, 5.74) is 1.44. The van der Waals surface area contributed by atoms with Crippen LogP contribution in [0, 0.1) is 6.92 Å². The highest BCUT2D eigenvalue weighted by molar-refractivity contribution is 7.80. The first-order valence-electron chi connectivity index (χ1n) is 8.95. The lowest BCUT2D eigenvalue weighted by Crippen LogP contribution is -2.54. The number of thiocarbonyl (C=S) groups is 1. The van der Waals surface area contributed by atoms with Gasteiger partial charge in [-0.15, -0.1) is 0 Å². The van der Waals surface area contributed by atoms with E-state index in [0.717, 1.165) is 0 Å². The van der Waals surface area contributed by atoms with Crippen molar-refractivity contribution in [1.82, 2.24) is 5.32 Å². The first-order chi connectivity index (χ1) is 14.3. The Morgan fingerprint density at radius 3 is 2.57 bits per heavy atom. The lowest BCUT2D eigenvalue weighted by molar-refractivity contribution is -0.122. The molecule has 0 unspecified atom stereocenters. The Kier molecular flexibility index (Phi) is 6.65. The molecule has 1 saturated heterocycles. The number of rotatable bonds is 5. The molecule has 0 spiro atoms. The summed E-state index contributed by atoms with van der Waals surface area (Å²) in [6.45, 7) is 4.03. The van der Waals surface area contributed by atoms with Crippen molar-refractivity contribution >= 4 is 64.1 Å². The van der Waals surface area contributed by atoms with Crippen LogP contribution in [0.1, 0.15) is 18.1 Å². The molecule has 1 fully saturated rings. The van der Waals surface area contributed by atoms with Gasteiger partial charge in [-0.1, -0.05) is 29.3 Å². The summed E-state index contributed by atoms with van der Waals surface area (Å²) < 4.78 is 10.8. The van der Waals surface area contributed by atoms with Crippen LogP contribution in [0.15, 0.2) is 35.9 Å². The summed E-state index contributed by atoms with van der Waals surface area (Å²) in [6, 6.07) is 8.29. The van der Waals surface area contributed by atoms with Gasteiger partial charge in [0.15, 0.2) is 16.6 Å². The van der Waals surface area contributed by atoms with Gasteiger partial charge in [0.2, 0.25) is 0 Å². The van der Waals surface area contributed by atoms with E-state index in [4.69, 9.17) is 44.9 Å². The number of carbonyl (C=O) groups is 2. The second kappa shape index (κ2) is 9.04. The number of nitrogens with zero attached hydrogens (tertiary/aromatic N) is 1. The fourth-order valence-corrected chi connectivity index (χ4v) is 3.61. The Balaban J connectivity index is 2.08. The molecule has 2 amide bonds. The van der Waals surface area contributed by atoms with Gasteiger partial charge >= 0.3 is 0 Å². The average molecular weight is 465 g/mol. The zero-order valence-electron chi connectivity index (χ0n) is 16.4. The van der Waals surface area contributed by atoms with Crippen LogP contribution >= 0.6 is 35.4 Å². The second-order valence-corrected chi connectivity index (χ2v) is 7.50. The molecule has 2 aromatic rings. The molecule has 0 radical (unpaired) electrons. The minimum atomic E-state index is -0.621. The van der Waals surface area contributed by atoms with Crippen LogP contribution in [0.3, 0.4) is 0 Å². The van der Waals surface area contributed by atoms with Crippen LogP contribution in [0.2, 0.25) is 10.0 Å². The Labute approximate surface area is 189 Å². The normalized spacial score (nSPS) is 15.4. The van der Waals surface area contributed by atoms with E-state index < -0.39 is 11.8 Å². The van der Waals surface area contributed by atoms with Gasteiger partial charge in [-0.05, 0) is 61.5 Å².